The van der Waals surface area contributed by atoms with Gasteiger partial charge in [-0.05, 0) is 55.1 Å². The Bertz CT molecular complexity index is 402. The molecule has 0 bridgehead atoms. The summed E-state index contributed by atoms with van der Waals surface area (Å²) in [6.45, 7) is 12.0. The molecule has 0 saturated carbocycles. The third-order valence-corrected chi connectivity index (χ3v) is 3.45. The molecule has 0 unspecified atom stereocenters. The standard InChI is InChI=1S/C16H27FN2/c1-5-8-19(12-16(3,4)11-18)10-14-9-15(17)7-6-13(14)2/h6-7,9H,5,8,10-12,18H2,1-4H3. The van der Waals surface area contributed by atoms with Crippen molar-refractivity contribution in [3.63, 3.8) is 0 Å². The molecule has 0 heterocycles. The van der Waals surface area contributed by atoms with Crippen LogP contribution in [-0.4, -0.2) is 24.5 Å². The van der Waals surface area contributed by atoms with Gasteiger partial charge in [0.2, 0.25) is 0 Å². The highest BCUT2D eigenvalue weighted by Crippen LogP contribution is 2.19. The lowest BCUT2D eigenvalue weighted by Crippen LogP contribution is -2.39. The van der Waals surface area contributed by atoms with E-state index < -0.39 is 0 Å². The Kier molecular flexibility index (Phi) is 5.95. The quantitative estimate of drug-likeness (QED) is 0.820. The van der Waals surface area contributed by atoms with Gasteiger partial charge in [-0.1, -0.05) is 26.8 Å². The van der Waals surface area contributed by atoms with Crippen molar-refractivity contribution in [2.45, 2.75) is 40.7 Å². The number of benzene rings is 1. The summed E-state index contributed by atoms with van der Waals surface area (Å²) in [6.07, 6.45) is 1.09. The highest BCUT2D eigenvalue weighted by Gasteiger charge is 2.20. The maximum absolute atomic E-state index is 13.3. The van der Waals surface area contributed by atoms with Crippen LogP contribution in [0.2, 0.25) is 0 Å². The maximum Gasteiger partial charge on any atom is 0.123 e. The summed E-state index contributed by atoms with van der Waals surface area (Å²) in [5, 5.41) is 0. The van der Waals surface area contributed by atoms with Crippen molar-refractivity contribution in [1.82, 2.24) is 4.90 Å². The highest BCUT2D eigenvalue weighted by molar-refractivity contribution is 5.26. The monoisotopic (exact) mass is 266 g/mol. The lowest BCUT2D eigenvalue weighted by atomic mass is 9.92. The molecule has 1 aromatic carbocycles. The number of nitrogens with zero attached hydrogens (tertiary/aromatic N) is 1. The molecular formula is C16H27FN2. The largest absolute Gasteiger partial charge is 0.330 e. The summed E-state index contributed by atoms with van der Waals surface area (Å²) in [5.41, 5.74) is 8.12. The third kappa shape index (κ3) is 5.29. The number of aryl methyl sites for hydroxylation is 1. The molecule has 2 nitrogen and oxygen atoms in total. The predicted molar refractivity (Wildman–Crippen MR) is 79.5 cm³/mol. The number of hydrogen-bond donors (Lipinski definition) is 1. The Morgan fingerprint density at radius 3 is 2.58 bits per heavy atom. The SMILES string of the molecule is CCCN(Cc1cc(F)ccc1C)CC(C)(C)CN. The average Bonchev–Trinajstić information content (AvgIpc) is 2.34. The Hall–Kier alpha value is -0.930. The molecule has 0 aliphatic heterocycles. The van der Waals surface area contributed by atoms with Gasteiger partial charge in [0.05, 0.1) is 0 Å². The van der Waals surface area contributed by atoms with E-state index in [1.165, 1.54) is 6.07 Å². The molecule has 3 heteroatoms. The van der Waals surface area contributed by atoms with E-state index in [4.69, 9.17) is 5.73 Å². The fraction of sp³-hybridized carbons (Fsp3) is 0.625. The molecule has 0 saturated heterocycles. The van der Waals surface area contributed by atoms with E-state index in [9.17, 15) is 4.39 Å². The van der Waals surface area contributed by atoms with Crippen LogP contribution >= 0.6 is 0 Å². The number of halogens is 1. The second-order valence-electron chi connectivity index (χ2n) is 6.15. The normalized spacial score (nSPS) is 12.2. The van der Waals surface area contributed by atoms with Crippen LogP contribution in [0.1, 0.15) is 38.3 Å². The predicted octanol–water partition coefficient (Wildman–Crippen LogP) is 3.33. The average molecular weight is 266 g/mol. The first-order chi connectivity index (χ1) is 8.88. The van der Waals surface area contributed by atoms with E-state index in [-0.39, 0.29) is 11.2 Å². The van der Waals surface area contributed by atoms with Crippen LogP contribution in [0.3, 0.4) is 0 Å². The molecule has 2 N–H and O–H groups in total. The maximum atomic E-state index is 13.3. The minimum Gasteiger partial charge on any atom is -0.330 e. The highest BCUT2D eigenvalue weighted by atomic mass is 19.1. The smallest absolute Gasteiger partial charge is 0.123 e. The van der Waals surface area contributed by atoms with Crippen molar-refractivity contribution in [2.75, 3.05) is 19.6 Å². The van der Waals surface area contributed by atoms with E-state index in [2.05, 4.69) is 25.7 Å². The summed E-state index contributed by atoms with van der Waals surface area (Å²) >= 11 is 0. The van der Waals surface area contributed by atoms with Gasteiger partial charge in [0.25, 0.3) is 0 Å². The van der Waals surface area contributed by atoms with Crippen LogP contribution in [0.4, 0.5) is 4.39 Å². The summed E-state index contributed by atoms with van der Waals surface area (Å²) < 4.78 is 13.3. The van der Waals surface area contributed by atoms with Crippen molar-refractivity contribution < 1.29 is 4.39 Å². The van der Waals surface area contributed by atoms with E-state index in [1.807, 2.05) is 13.0 Å². The minimum atomic E-state index is -0.157. The molecular weight excluding hydrogens is 239 g/mol. The van der Waals surface area contributed by atoms with Gasteiger partial charge in [-0.2, -0.15) is 0 Å². The Balaban J connectivity index is 2.80. The zero-order valence-electron chi connectivity index (χ0n) is 12.7. The summed E-state index contributed by atoms with van der Waals surface area (Å²) in [7, 11) is 0. The second-order valence-corrected chi connectivity index (χ2v) is 6.15. The molecule has 0 amide bonds. The Morgan fingerprint density at radius 2 is 2.00 bits per heavy atom. The summed E-state index contributed by atoms with van der Waals surface area (Å²) in [4.78, 5) is 2.37. The van der Waals surface area contributed by atoms with Crippen molar-refractivity contribution in [1.29, 1.82) is 0 Å². The number of hydrogen-bond acceptors (Lipinski definition) is 2. The van der Waals surface area contributed by atoms with Gasteiger partial charge >= 0.3 is 0 Å². The third-order valence-electron chi connectivity index (χ3n) is 3.45. The molecule has 0 radical (unpaired) electrons. The van der Waals surface area contributed by atoms with Crippen LogP contribution in [0.15, 0.2) is 18.2 Å². The molecule has 108 valence electrons. The summed E-state index contributed by atoms with van der Waals surface area (Å²) in [6, 6.07) is 5.02. The van der Waals surface area contributed by atoms with Gasteiger partial charge in [0.15, 0.2) is 0 Å². The fourth-order valence-electron chi connectivity index (χ4n) is 2.25. The molecule has 1 rings (SSSR count). The van der Waals surface area contributed by atoms with Crippen molar-refractivity contribution in [3.8, 4) is 0 Å². The molecule has 0 aliphatic rings. The lowest BCUT2D eigenvalue weighted by Gasteiger charge is -2.32. The minimum absolute atomic E-state index is 0.0937. The van der Waals surface area contributed by atoms with Crippen LogP contribution in [0, 0.1) is 18.2 Å². The first-order valence-corrected chi connectivity index (χ1v) is 7.05. The number of nitrogens with two attached hydrogens (primary N) is 1. The van der Waals surface area contributed by atoms with Gasteiger partial charge < -0.3 is 5.73 Å². The van der Waals surface area contributed by atoms with Crippen LogP contribution < -0.4 is 5.73 Å². The fourth-order valence-corrected chi connectivity index (χ4v) is 2.25. The second kappa shape index (κ2) is 7.01. The Labute approximate surface area is 116 Å². The van der Waals surface area contributed by atoms with E-state index in [0.717, 1.165) is 37.2 Å². The molecule has 0 spiro atoms. The van der Waals surface area contributed by atoms with Crippen molar-refractivity contribution in [2.24, 2.45) is 11.1 Å². The van der Waals surface area contributed by atoms with Gasteiger partial charge in [-0.3, -0.25) is 4.90 Å². The van der Waals surface area contributed by atoms with Gasteiger partial charge in [0.1, 0.15) is 5.82 Å². The first-order valence-electron chi connectivity index (χ1n) is 7.05. The zero-order valence-corrected chi connectivity index (χ0v) is 12.7. The van der Waals surface area contributed by atoms with Crippen molar-refractivity contribution >= 4 is 0 Å². The topological polar surface area (TPSA) is 29.3 Å². The van der Waals surface area contributed by atoms with Gasteiger partial charge in [-0.25, -0.2) is 4.39 Å². The molecule has 19 heavy (non-hydrogen) atoms. The Morgan fingerprint density at radius 1 is 1.32 bits per heavy atom. The summed E-state index contributed by atoms with van der Waals surface area (Å²) in [5.74, 6) is -0.157. The number of rotatable bonds is 7. The molecule has 1 aromatic rings. The molecule has 0 fully saturated rings. The molecule has 0 aliphatic carbocycles. The lowest BCUT2D eigenvalue weighted by molar-refractivity contribution is 0.175. The van der Waals surface area contributed by atoms with E-state index >= 15 is 0 Å². The van der Waals surface area contributed by atoms with Crippen LogP contribution in [0.5, 0.6) is 0 Å². The van der Waals surface area contributed by atoms with Crippen molar-refractivity contribution in [3.05, 3.63) is 35.1 Å². The van der Waals surface area contributed by atoms with Crippen LogP contribution in [0.25, 0.3) is 0 Å². The van der Waals surface area contributed by atoms with E-state index in [0.29, 0.717) is 6.54 Å². The van der Waals surface area contributed by atoms with E-state index in [1.54, 1.807) is 6.07 Å². The first kappa shape index (κ1) is 16.1. The molecule has 0 aromatic heterocycles. The van der Waals surface area contributed by atoms with Crippen LogP contribution in [-0.2, 0) is 6.54 Å². The van der Waals surface area contributed by atoms with Gasteiger partial charge in [0, 0.05) is 13.1 Å². The molecule has 0 atom stereocenters. The zero-order chi connectivity index (χ0) is 14.5. The van der Waals surface area contributed by atoms with Gasteiger partial charge in [-0.15, -0.1) is 0 Å².